The molecule has 1 unspecified atom stereocenters. The average molecular weight is 168 g/mol. The summed E-state index contributed by atoms with van der Waals surface area (Å²) < 4.78 is 0. The summed E-state index contributed by atoms with van der Waals surface area (Å²) in [5.74, 6) is 2.65. The maximum atomic E-state index is 9.08. The highest BCUT2D eigenvalue weighted by molar-refractivity contribution is 4.82. The molecule has 1 heteroatoms. The molecule has 2 aliphatic carbocycles. The van der Waals surface area contributed by atoms with Crippen molar-refractivity contribution in [3.8, 4) is 0 Å². The molecule has 2 fully saturated rings. The van der Waals surface area contributed by atoms with Crippen LogP contribution in [0.5, 0.6) is 0 Å². The van der Waals surface area contributed by atoms with Gasteiger partial charge in [-0.15, -0.1) is 0 Å². The van der Waals surface area contributed by atoms with E-state index in [0.29, 0.717) is 12.5 Å². The van der Waals surface area contributed by atoms with Gasteiger partial charge in [0.05, 0.1) is 0 Å². The van der Waals surface area contributed by atoms with E-state index in [4.69, 9.17) is 5.11 Å². The molecule has 0 aromatic rings. The number of aliphatic hydroxyl groups excluding tert-OH is 1. The summed E-state index contributed by atoms with van der Waals surface area (Å²) in [6.45, 7) is 0.434. The van der Waals surface area contributed by atoms with Crippen molar-refractivity contribution >= 4 is 0 Å². The van der Waals surface area contributed by atoms with Crippen molar-refractivity contribution in [2.24, 2.45) is 17.8 Å². The summed E-state index contributed by atoms with van der Waals surface area (Å²) in [6, 6.07) is 0. The van der Waals surface area contributed by atoms with Crippen LogP contribution in [0.3, 0.4) is 0 Å². The van der Waals surface area contributed by atoms with Crippen LogP contribution in [0.1, 0.15) is 44.9 Å². The molecule has 0 heterocycles. The van der Waals surface area contributed by atoms with Gasteiger partial charge in [0.2, 0.25) is 0 Å². The lowest BCUT2D eigenvalue weighted by atomic mass is 9.68. The van der Waals surface area contributed by atoms with Gasteiger partial charge >= 0.3 is 0 Å². The van der Waals surface area contributed by atoms with E-state index in [0.717, 1.165) is 11.8 Å². The lowest BCUT2D eigenvalue weighted by Crippen LogP contribution is -2.28. The minimum Gasteiger partial charge on any atom is -0.396 e. The molecule has 1 N–H and O–H groups in total. The Balaban J connectivity index is 1.90. The first-order valence-electron chi connectivity index (χ1n) is 5.51. The minimum absolute atomic E-state index is 0.434. The van der Waals surface area contributed by atoms with Crippen molar-refractivity contribution in [3.63, 3.8) is 0 Å². The Bertz CT molecular complexity index is 144. The summed E-state index contributed by atoms with van der Waals surface area (Å²) in [5.41, 5.74) is 0. The molecule has 0 spiro atoms. The van der Waals surface area contributed by atoms with Gasteiger partial charge in [-0.3, -0.25) is 0 Å². The molecule has 2 saturated carbocycles. The number of aliphatic hydroxyl groups is 1. The molecule has 12 heavy (non-hydrogen) atoms. The predicted molar refractivity (Wildman–Crippen MR) is 49.9 cm³/mol. The fourth-order valence-electron chi connectivity index (χ4n) is 3.14. The number of hydrogen-bond donors (Lipinski definition) is 1. The first kappa shape index (κ1) is 8.55. The standard InChI is InChI=1S/C11H20O/c12-8-9-5-6-10-3-1-2-4-11(10)7-9/h9-12H,1-8H2/t9?,10-,11+/m0/s1. The fourth-order valence-corrected chi connectivity index (χ4v) is 3.14. The molecule has 0 bridgehead atoms. The Morgan fingerprint density at radius 3 is 2.42 bits per heavy atom. The van der Waals surface area contributed by atoms with Crippen molar-refractivity contribution in [2.45, 2.75) is 44.9 Å². The second-order valence-corrected chi connectivity index (χ2v) is 4.67. The topological polar surface area (TPSA) is 20.2 Å². The first-order chi connectivity index (χ1) is 5.90. The highest BCUT2D eigenvalue weighted by Crippen LogP contribution is 2.42. The van der Waals surface area contributed by atoms with E-state index < -0.39 is 0 Å². The molecular weight excluding hydrogens is 148 g/mol. The molecule has 70 valence electrons. The van der Waals surface area contributed by atoms with Gasteiger partial charge in [-0.1, -0.05) is 25.7 Å². The second-order valence-electron chi connectivity index (χ2n) is 4.67. The summed E-state index contributed by atoms with van der Waals surface area (Å²) >= 11 is 0. The van der Waals surface area contributed by atoms with Gasteiger partial charge in [0.15, 0.2) is 0 Å². The van der Waals surface area contributed by atoms with Crippen LogP contribution in [0.15, 0.2) is 0 Å². The van der Waals surface area contributed by atoms with Crippen LogP contribution < -0.4 is 0 Å². The SMILES string of the molecule is OCC1CC[C@@H]2CCCC[C@@H]2C1. The number of rotatable bonds is 1. The number of hydrogen-bond acceptors (Lipinski definition) is 1. The van der Waals surface area contributed by atoms with E-state index in [1.165, 1.54) is 44.9 Å². The second kappa shape index (κ2) is 3.78. The zero-order chi connectivity index (χ0) is 8.39. The Morgan fingerprint density at radius 1 is 0.917 bits per heavy atom. The number of fused-ring (bicyclic) bond motifs is 1. The van der Waals surface area contributed by atoms with Gasteiger partial charge in [0, 0.05) is 6.61 Å². The van der Waals surface area contributed by atoms with E-state index in [2.05, 4.69) is 0 Å². The van der Waals surface area contributed by atoms with E-state index in [1.807, 2.05) is 0 Å². The highest BCUT2D eigenvalue weighted by Gasteiger charge is 2.31. The summed E-state index contributed by atoms with van der Waals surface area (Å²) in [4.78, 5) is 0. The third-order valence-electron chi connectivity index (χ3n) is 3.91. The average Bonchev–Trinajstić information content (AvgIpc) is 2.17. The zero-order valence-electron chi connectivity index (χ0n) is 7.84. The van der Waals surface area contributed by atoms with E-state index in [-0.39, 0.29) is 0 Å². The van der Waals surface area contributed by atoms with Crippen LogP contribution in [0.25, 0.3) is 0 Å². The van der Waals surface area contributed by atoms with Crippen LogP contribution >= 0.6 is 0 Å². The molecule has 1 nitrogen and oxygen atoms in total. The van der Waals surface area contributed by atoms with Gasteiger partial charge in [0.25, 0.3) is 0 Å². The van der Waals surface area contributed by atoms with E-state index in [1.54, 1.807) is 0 Å². The maximum absolute atomic E-state index is 9.08. The van der Waals surface area contributed by atoms with Crippen molar-refractivity contribution in [1.29, 1.82) is 0 Å². The summed E-state index contributed by atoms with van der Waals surface area (Å²) in [6.07, 6.45) is 9.84. The normalized spacial score (nSPS) is 42.2. The quantitative estimate of drug-likeness (QED) is 0.638. The Kier molecular flexibility index (Phi) is 2.69. The lowest BCUT2D eigenvalue weighted by Gasteiger charge is -2.38. The Hall–Kier alpha value is -0.0400. The fraction of sp³-hybridized carbons (Fsp3) is 1.00. The van der Waals surface area contributed by atoms with Gasteiger partial charge in [-0.2, -0.15) is 0 Å². The Labute approximate surface area is 75.2 Å². The Morgan fingerprint density at radius 2 is 1.67 bits per heavy atom. The lowest BCUT2D eigenvalue weighted by molar-refractivity contribution is 0.0925. The molecule has 0 aliphatic heterocycles. The molecule has 0 aromatic carbocycles. The van der Waals surface area contributed by atoms with Crippen LogP contribution in [0, 0.1) is 17.8 Å². The molecule has 2 aliphatic rings. The molecule has 0 amide bonds. The highest BCUT2D eigenvalue weighted by atomic mass is 16.3. The van der Waals surface area contributed by atoms with Gasteiger partial charge < -0.3 is 5.11 Å². The van der Waals surface area contributed by atoms with Gasteiger partial charge in [0.1, 0.15) is 0 Å². The minimum atomic E-state index is 0.434. The smallest absolute Gasteiger partial charge is 0.0459 e. The molecule has 3 atom stereocenters. The van der Waals surface area contributed by atoms with E-state index >= 15 is 0 Å². The summed E-state index contributed by atoms with van der Waals surface area (Å²) in [7, 11) is 0. The van der Waals surface area contributed by atoms with Crippen LogP contribution in [-0.2, 0) is 0 Å². The molecular formula is C11H20O. The van der Waals surface area contributed by atoms with E-state index in [9.17, 15) is 0 Å². The van der Waals surface area contributed by atoms with Crippen molar-refractivity contribution in [1.82, 2.24) is 0 Å². The summed E-state index contributed by atoms with van der Waals surface area (Å²) in [5, 5.41) is 9.08. The predicted octanol–water partition coefficient (Wildman–Crippen LogP) is 2.59. The molecule has 0 radical (unpaired) electrons. The van der Waals surface area contributed by atoms with Crippen LogP contribution in [-0.4, -0.2) is 11.7 Å². The molecule has 2 rings (SSSR count). The van der Waals surface area contributed by atoms with Crippen molar-refractivity contribution in [2.75, 3.05) is 6.61 Å². The van der Waals surface area contributed by atoms with Crippen molar-refractivity contribution in [3.05, 3.63) is 0 Å². The third kappa shape index (κ3) is 1.66. The van der Waals surface area contributed by atoms with Gasteiger partial charge in [-0.05, 0) is 37.0 Å². The van der Waals surface area contributed by atoms with Crippen LogP contribution in [0.2, 0.25) is 0 Å². The van der Waals surface area contributed by atoms with Crippen LogP contribution in [0.4, 0.5) is 0 Å². The van der Waals surface area contributed by atoms with Gasteiger partial charge in [-0.25, -0.2) is 0 Å². The third-order valence-corrected chi connectivity index (χ3v) is 3.91. The monoisotopic (exact) mass is 168 g/mol. The first-order valence-corrected chi connectivity index (χ1v) is 5.51. The maximum Gasteiger partial charge on any atom is 0.0459 e. The molecule has 0 aromatic heterocycles. The van der Waals surface area contributed by atoms with Crippen molar-refractivity contribution < 1.29 is 5.11 Å². The largest absolute Gasteiger partial charge is 0.396 e. The molecule has 0 saturated heterocycles. The zero-order valence-corrected chi connectivity index (χ0v) is 7.84.